The van der Waals surface area contributed by atoms with Crippen LogP contribution in [0.2, 0.25) is 0 Å². The van der Waals surface area contributed by atoms with Gasteiger partial charge in [-0.3, -0.25) is 0 Å². The standard InChI is InChI=1S/C21H18BrNO3/c22-18-10-11-20(26-14-16-4-2-1-3-5-16)19(12-18)23-13-15-6-8-17(9-7-15)21(24)25/h1-12,23H,13-14H2,(H,24,25). The first-order chi connectivity index (χ1) is 12.6. The molecule has 0 bridgehead atoms. The van der Waals surface area contributed by atoms with Crippen molar-refractivity contribution in [2.45, 2.75) is 13.2 Å². The van der Waals surface area contributed by atoms with Crippen molar-refractivity contribution in [1.82, 2.24) is 0 Å². The lowest BCUT2D eigenvalue weighted by Gasteiger charge is -2.14. The van der Waals surface area contributed by atoms with Crippen molar-refractivity contribution in [3.63, 3.8) is 0 Å². The molecule has 132 valence electrons. The summed E-state index contributed by atoms with van der Waals surface area (Å²) in [6, 6.07) is 22.6. The molecule has 3 rings (SSSR count). The fraction of sp³-hybridized carbons (Fsp3) is 0.0952. The highest BCUT2D eigenvalue weighted by Gasteiger charge is 2.06. The third-order valence-corrected chi connectivity index (χ3v) is 4.36. The summed E-state index contributed by atoms with van der Waals surface area (Å²) >= 11 is 3.48. The van der Waals surface area contributed by atoms with E-state index in [9.17, 15) is 4.79 Å². The van der Waals surface area contributed by atoms with Crippen molar-refractivity contribution in [3.05, 3.63) is 94.0 Å². The number of hydrogen-bond donors (Lipinski definition) is 2. The smallest absolute Gasteiger partial charge is 0.335 e. The summed E-state index contributed by atoms with van der Waals surface area (Å²) < 4.78 is 6.91. The van der Waals surface area contributed by atoms with Crippen LogP contribution in [-0.4, -0.2) is 11.1 Å². The maximum Gasteiger partial charge on any atom is 0.335 e. The van der Waals surface area contributed by atoms with E-state index in [2.05, 4.69) is 21.2 Å². The normalized spacial score (nSPS) is 10.3. The number of benzene rings is 3. The summed E-state index contributed by atoms with van der Waals surface area (Å²) in [7, 11) is 0. The second kappa shape index (κ2) is 8.54. The Balaban J connectivity index is 1.68. The summed E-state index contributed by atoms with van der Waals surface area (Å²) in [6.07, 6.45) is 0. The second-order valence-corrected chi connectivity index (χ2v) is 6.69. The minimum absolute atomic E-state index is 0.281. The molecule has 0 aliphatic rings. The molecule has 26 heavy (non-hydrogen) atoms. The van der Waals surface area contributed by atoms with Crippen LogP contribution >= 0.6 is 15.9 Å². The Bertz CT molecular complexity index is 880. The van der Waals surface area contributed by atoms with Crippen LogP contribution in [0.1, 0.15) is 21.5 Å². The average molecular weight is 412 g/mol. The van der Waals surface area contributed by atoms with Gasteiger partial charge in [0.05, 0.1) is 11.3 Å². The molecule has 0 radical (unpaired) electrons. The number of ether oxygens (including phenoxy) is 1. The molecule has 3 aromatic rings. The Kier molecular flexibility index (Phi) is 5.92. The van der Waals surface area contributed by atoms with Crippen LogP contribution in [-0.2, 0) is 13.2 Å². The van der Waals surface area contributed by atoms with Crippen molar-refractivity contribution in [2.24, 2.45) is 0 Å². The van der Waals surface area contributed by atoms with Crippen LogP contribution < -0.4 is 10.1 Å². The van der Waals surface area contributed by atoms with E-state index < -0.39 is 5.97 Å². The summed E-state index contributed by atoms with van der Waals surface area (Å²) in [5.41, 5.74) is 3.25. The molecule has 0 fully saturated rings. The topological polar surface area (TPSA) is 58.6 Å². The van der Waals surface area contributed by atoms with Gasteiger partial charge in [0.25, 0.3) is 0 Å². The predicted octanol–water partition coefficient (Wildman–Crippen LogP) is 5.34. The number of carboxylic acids is 1. The summed E-state index contributed by atoms with van der Waals surface area (Å²) in [4.78, 5) is 10.9. The first kappa shape index (κ1) is 18.0. The maximum absolute atomic E-state index is 10.9. The molecule has 0 spiro atoms. The number of halogens is 1. The molecule has 5 heteroatoms. The molecule has 0 aliphatic heterocycles. The molecule has 0 saturated heterocycles. The van der Waals surface area contributed by atoms with E-state index >= 15 is 0 Å². The van der Waals surface area contributed by atoms with Gasteiger partial charge >= 0.3 is 5.97 Å². The summed E-state index contributed by atoms with van der Waals surface area (Å²) in [6.45, 7) is 1.06. The van der Waals surface area contributed by atoms with E-state index in [0.717, 1.165) is 27.0 Å². The van der Waals surface area contributed by atoms with Crippen molar-refractivity contribution in [1.29, 1.82) is 0 Å². The Morgan fingerprint density at radius 1 is 0.962 bits per heavy atom. The largest absolute Gasteiger partial charge is 0.487 e. The zero-order chi connectivity index (χ0) is 18.4. The highest BCUT2D eigenvalue weighted by atomic mass is 79.9. The molecule has 0 heterocycles. The van der Waals surface area contributed by atoms with Crippen LogP contribution in [0.4, 0.5) is 5.69 Å². The molecule has 0 unspecified atom stereocenters. The van der Waals surface area contributed by atoms with Gasteiger partial charge in [-0.1, -0.05) is 58.4 Å². The third kappa shape index (κ3) is 4.86. The minimum Gasteiger partial charge on any atom is -0.487 e. The zero-order valence-electron chi connectivity index (χ0n) is 14.0. The second-order valence-electron chi connectivity index (χ2n) is 5.77. The average Bonchev–Trinajstić information content (AvgIpc) is 2.66. The highest BCUT2D eigenvalue weighted by Crippen LogP contribution is 2.29. The van der Waals surface area contributed by atoms with E-state index in [-0.39, 0.29) is 5.56 Å². The lowest BCUT2D eigenvalue weighted by molar-refractivity contribution is 0.0697. The highest BCUT2D eigenvalue weighted by molar-refractivity contribution is 9.10. The van der Waals surface area contributed by atoms with Gasteiger partial charge in [0.2, 0.25) is 0 Å². The summed E-state index contributed by atoms with van der Waals surface area (Å²) in [5, 5.41) is 12.3. The Morgan fingerprint density at radius 3 is 2.38 bits per heavy atom. The van der Waals surface area contributed by atoms with Crippen LogP contribution in [0.15, 0.2) is 77.3 Å². The van der Waals surface area contributed by atoms with Gasteiger partial charge < -0.3 is 15.2 Å². The molecule has 0 aliphatic carbocycles. The van der Waals surface area contributed by atoms with Gasteiger partial charge in [-0.05, 0) is 41.5 Å². The molecule has 4 nitrogen and oxygen atoms in total. The number of nitrogens with one attached hydrogen (secondary N) is 1. The first-order valence-electron chi connectivity index (χ1n) is 8.14. The molecule has 0 amide bonds. The molecular weight excluding hydrogens is 394 g/mol. The van der Waals surface area contributed by atoms with Gasteiger partial charge in [0.15, 0.2) is 0 Å². The number of aromatic carboxylic acids is 1. The number of hydrogen-bond acceptors (Lipinski definition) is 3. The maximum atomic E-state index is 10.9. The summed E-state index contributed by atoms with van der Waals surface area (Å²) in [5.74, 6) is -0.160. The lowest BCUT2D eigenvalue weighted by atomic mass is 10.1. The van der Waals surface area contributed by atoms with E-state index in [1.54, 1.807) is 24.3 Å². The van der Waals surface area contributed by atoms with Gasteiger partial charge in [0, 0.05) is 11.0 Å². The van der Waals surface area contributed by atoms with Gasteiger partial charge in [-0.25, -0.2) is 4.79 Å². The third-order valence-electron chi connectivity index (χ3n) is 3.86. The Labute approximate surface area is 160 Å². The molecule has 0 aromatic heterocycles. The number of carbonyl (C=O) groups is 1. The molecule has 0 atom stereocenters. The Hall–Kier alpha value is -2.79. The molecule has 3 aromatic carbocycles. The van der Waals surface area contributed by atoms with Crippen molar-refractivity contribution in [3.8, 4) is 5.75 Å². The van der Waals surface area contributed by atoms with Gasteiger partial charge in [-0.15, -0.1) is 0 Å². The van der Waals surface area contributed by atoms with Gasteiger partial charge in [-0.2, -0.15) is 0 Å². The zero-order valence-corrected chi connectivity index (χ0v) is 15.6. The first-order valence-corrected chi connectivity index (χ1v) is 8.93. The monoisotopic (exact) mass is 411 g/mol. The van der Waals surface area contributed by atoms with Crippen molar-refractivity contribution >= 4 is 27.6 Å². The van der Waals surface area contributed by atoms with Crippen LogP contribution in [0.3, 0.4) is 0 Å². The van der Waals surface area contributed by atoms with E-state index in [0.29, 0.717) is 13.2 Å². The SMILES string of the molecule is O=C(O)c1ccc(CNc2cc(Br)ccc2OCc2ccccc2)cc1. The fourth-order valence-corrected chi connectivity index (χ4v) is 2.83. The quantitative estimate of drug-likeness (QED) is 0.550. The number of carboxylic acid groups (broad SMARTS) is 1. The lowest BCUT2D eigenvalue weighted by Crippen LogP contribution is -2.04. The van der Waals surface area contributed by atoms with E-state index in [4.69, 9.17) is 9.84 Å². The Morgan fingerprint density at radius 2 is 1.69 bits per heavy atom. The molecular formula is C21H18BrNO3. The number of anilines is 1. The van der Waals surface area contributed by atoms with E-state index in [1.165, 1.54) is 0 Å². The molecule has 0 saturated carbocycles. The van der Waals surface area contributed by atoms with Crippen LogP contribution in [0.5, 0.6) is 5.75 Å². The fourth-order valence-electron chi connectivity index (χ4n) is 2.46. The van der Waals surface area contributed by atoms with Crippen molar-refractivity contribution in [2.75, 3.05) is 5.32 Å². The van der Waals surface area contributed by atoms with Crippen LogP contribution in [0, 0.1) is 0 Å². The predicted molar refractivity (Wildman–Crippen MR) is 106 cm³/mol. The van der Waals surface area contributed by atoms with Gasteiger partial charge in [0.1, 0.15) is 12.4 Å². The van der Waals surface area contributed by atoms with Crippen molar-refractivity contribution < 1.29 is 14.6 Å². The number of rotatable bonds is 7. The van der Waals surface area contributed by atoms with E-state index in [1.807, 2.05) is 48.5 Å². The minimum atomic E-state index is -0.923. The molecule has 2 N–H and O–H groups in total. The van der Waals surface area contributed by atoms with Crippen LogP contribution in [0.25, 0.3) is 0 Å².